The van der Waals surface area contributed by atoms with Gasteiger partial charge in [-0.25, -0.2) is 4.79 Å². The van der Waals surface area contributed by atoms with Gasteiger partial charge in [-0.05, 0) is 25.0 Å². The van der Waals surface area contributed by atoms with Crippen molar-refractivity contribution in [2.24, 2.45) is 0 Å². The smallest absolute Gasteiger partial charge is 0.315 e. The van der Waals surface area contributed by atoms with Crippen LogP contribution in [0.25, 0.3) is 0 Å². The van der Waals surface area contributed by atoms with Crippen LogP contribution in [0.4, 0.5) is 10.5 Å². The summed E-state index contributed by atoms with van der Waals surface area (Å²) < 4.78 is 5.18. The van der Waals surface area contributed by atoms with E-state index in [1.807, 2.05) is 12.1 Å². The third kappa shape index (κ3) is 5.81. The molecule has 126 valence electrons. The third-order valence-corrected chi connectivity index (χ3v) is 3.96. The molecule has 3 amide bonds. The monoisotopic (exact) mass is 319 g/mol. The summed E-state index contributed by atoms with van der Waals surface area (Å²) >= 11 is 0. The lowest BCUT2D eigenvalue weighted by molar-refractivity contribution is -0.116. The summed E-state index contributed by atoms with van der Waals surface area (Å²) in [5.74, 6) is 0.455. The maximum Gasteiger partial charge on any atom is 0.315 e. The van der Waals surface area contributed by atoms with Crippen molar-refractivity contribution in [2.45, 2.75) is 44.6 Å². The van der Waals surface area contributed by atoms with Gasteiger partial charge < -0.3 is 20.7 Å². The van der Waals surface area contributed by atoms with E-state index in [4.69, 9.17) is 4.74 Å². The number of carbonyl (C=O) groups excluding carboxylic acids is 2. The Labute approximate surface area is 137 Å². The van der Waals surface area contributed by atoms with Crippen molar-refractivity contribution >= 4 is 17.6 Å². The molecule has 1 aromatic carbocycles. The van der Waals surface area contributed by atoms with E-state index in [0.29, 0.717) is 18.0 Å². The van der Waals surface area contributed by atoms with Gasteiger partial charge in [0.15, 0.2) is 0 Å². The maximum absolute atomic E-state index is 11.9. The fourth-order valence-corrected chi connectivity index (χ4v) is 2.73. The molecule has 0 aliphatic heterocycles. The zero-order chi connectivity index (χ0) is 16.5. The Kier molecular flexibility index (Phi) is 6.72. The first-order chi connectivity index (χ1) is 11.2. The number of hydrogen-bond donors (Lipinski definition) is 3. The van der Waals surface area contributed by atoms with Gasteiger partial charge in [-0.2, -0.15) is 0 Å². The number of anilines is 1. The third-order valence-electron chi connectivity index (χ3n) is 3.96. The van der Waals surface area contributed by atoms with E-state index in [9.17, 15) is 9.59 Å². The van der Waals surface area contributed by atoms with Gasteiger partial charge in [-0.15, -0.1) is 0 Å². The molecule has 1 fully saturated rings. The van der Waals surface area contributed by atoms with Crippen LogP contribution in [0.2, 0.25) is 0 Å². The molecule has 1 aromatic rings. The number of benzene rings is 1. The van der Waals surface area contributed by atoms with Gasteiger partial charge in [0.1, 0.15) is 5.75 Å². The summed E-state index contributed by atoms with van der Waals surface area (Å²) in [6.07, 6.45) is 5.90. The Balaban J connectivity index is 1.67. The number of amides is 3. The predicted molar refractivity (Wildman–Crippen MR) is 89.6 cm³/mol. The van der Waals surface area contributed by atoms with E-state index in [2.05, 4.69) is 16.0 Å². The second-order valence-electron chi connectivity index (χ2n) is 5.73. The fourth-order valence-electron chi connectivity index (χ4n) is 2.73. The molecule has 0 unspecified atom stereocenters. The fraction of sp³-hybridized carbons (Fsp3) is 0.529. The van der Waals surface area contributed by atoms with Crippen LogP contribution in [0.5, 0.6) is 5.75 Å². The lowest BCUT2D eigenvalue weighted by Crippen LogP contribution is -2.43. The standard InChI is InChI=1S/C17H25N3O3/c1-23-15-10-6-5-9-14(15)20-16(21)11-12-18-17(22)19-13-7-3-2-4-8-13/h5-6,9-10,13H,2-4,7-8,11-12H2,1H3,(H,20,21)(H2,18,19,22). The van der Waals surface area contributed by atoms with Gasteiger partial charge in [-0.1, -0.05) is 31.4 Å². The second kappa shape index (κ2) is 9.02. The van der Waals surface area contributed by atoms with Crippen molar-refractivity contribution < 1.29 is 14.3 Å². The van der Waals surface area contributed by atoms with E-state index in [-0.39, 0.29) is 24.4 Å². The Morgan fingerprint density at radius 2 is 1.91 bits per heavy atom. The Hall–Kier alpha value is -2.24. The van der Waals surface area contributed by atoms with Gasteiger partial charge in [0.2, 0.25) is 5.91 Å². The molecule has 23 heavy (non-hydrogen) atoms. The molecule has 0 spiro atoms. The molecule has 0 aromatic heterocycles. The summed E-state index contributed by atoms with van der Waals surface area (Å²) in [6.45, 7) is 0.305. The average molecular weight is 319 g/mol. The van der Waals surface area contributed by atoms with Gasteiger partial charge in [0, 0.05) is 19.0 Å². The lowest BCUT2D eigenvalue weighted by Gasteiger charge is -2.22. The highest BCUT2D eigenvalue weighted by atomic mass is 16.5. The largest absolute Gasteiger partial charge is 0.495 e. The van der Waals surface area contributed by atoms with Gasteiger partial charge in [-0.3, -0.25) is 4.79 Å². The summed E-state index contributed by atoms with van der Waals surface area (Å²) in [5, 5.41) is 8.47. The van der Waals surface area contributed by atoms with Crippen LogP contribution >= 0.6 is 0 Å². The maximum atomic E-state index is 11.9. The van der Waals surface area contributed by atoms with Gasteiger partial charge >= 0.3 is 6.03 Å². The van der Waals surface area contributed by atoms with E-state index >= 15 is 0 Å². The topological polar surface area (TPSA) is 79.5 Å². The molecule has 3 N–H and O–H groups in total. The van der Waals surface area contributed by atoms with E-state index in [0.717, 1.165) is 12.8 Å². The van der Waals surface area contributed by atoms with Crippen molar-refractivity contribution in [3.05, 3.63) is 24.3 Å². The molecule has 0 saturated heterocycles. The molecule has 0 radical (unpaired) electrons. The summed E-state index contributed by atoms with van der Waals surface area (Å²) in [6, 6.07) is 7.30. The average Bonchev–Trinajstić information content (AvgIpc) is 2.56. The molecule has 0 heterocycles. The minimum Gasteiger partial charge on any atom is -0.495 e. The molecule has 0 atom stereocenters. The Morgan fingerprint density at radius 3 is 2.65 bits per heavy atom. The Bertz CT molecular complexity index is 528. The van der Waals surface area contributed by atoms with Crippen LogP contribution in [0.3, 0.4) is 0 Å². The molecular formula is C17H25N3O3. The van der Waals surface area contributed by atoms with Crippen LogP contribution < -0.4 is 20.7 Å². The number of hydrogen-bond acceptors (Lipinski definition) is 3. The molecule has 2 rings (SSSR count). The predicted octanol–water partition coefficient (Wildman–Crippen LogP) is 2.66. The zero-order valence-electron chi connectivity index (χ0n) is 13.6. The van der Waals surface area contributed by atoms with E-state index in [1.165, 1.54) is 19.3 Å². The number of urea groups is 1. The molecule has 1 aliphatic rings. The molecule has 6 heteroatoms. The quantitative estimate of drug-likeness (QED) is 0.754. The molecular weight excluding hydrogens is 294 g/mol. The van der Waals surface area contributed by atoms with Crippen molar-refractivity contribution in [2.75, 3.05) is 19.0 Å². The minimum absolute atomic E-state index is 0.160. The van der Waals surface area contributed by atoms with Crippen molar-refractivity contribution in [1.29, 1.82) is 0 Å². The number of methoxy groups -OCH3 is 1. The van der Waals surface area contributed by atoms with Gasteiger partial charge in [0.05, 0.1) is 12.8 Å². The van der Waals surface area contributed by atoms with Crippen LogP contribution in [0, 0.1) is 0 Å². The molecule has 0 bridgehead atoms. The number of ether oxygens (including phenoxy) is 1. The number of nitrogens with one attached hydrogen (secondary N) is 3. The second-order valence-corrected chi connectivity index (χ2v) is 5.73. The minimum atomic E-state index is -0.193. The van der Waals surface area contributed by atoms with Crippen molar-refractivity contribution in [3.8, 4) is 5.75 Å². The van der Waals surface area contributed by atoms with Crippen molar-refractivity contribution in [3.63, 3.8) is 0 Å². The lowest BCUT2D eigenvalue weighted by atomic mass is 9.96. The number of carbonyl (C=O) groups is 2. The molecule has 6 nitrogen and oxygen atoms in total. The van der Waals surface area contributed by atoms with E-state index in [1.54, 1.807) is 19.2 Å². The first-order valence-electron chi connectivity index (χ1n) is 8.16. The zero-order valence-corrected chi connectivity index (χ0v) is 13.6. The highest BCUT2D eigenvalue weighted by molar-refractivity contribution is 5.92. The number of rotatable bonds is 6. The SMILES string of the molecule is COc1ccccc1NC(=O)CCNC(=O)NC1CCCCC1. The summed E-state index contributed by atoms with van der Waals surface area (Å²) in [7, 11) is 1.56. The molecule has 1 saturated carbocycles. The van der Waals surface area contributed by atoms with Gasteiger partial charge in [0.25, 0.3) is 0 Å². The van der Waals surface area contributed by atoms with E-state index < -0.39 is 0 Å². The highest BCUT2D eigenvalue weighted by Crippen LogP contribution is 2.22. The van der Waals surface area contributed by atoms with Crippen LogP contribution in [-0.4, -0.2) is 31.6 Å². The van der Waals surface area contributed by atoms with Crippen LogP contribution in [-0.2, 0) is 4.79 Å². The first-order valence-corrected chi connectivity index (χ1v) is 8.16. The highest BCUT2D eigenvalue weighted by Gasteiger charge is 2.15. The normalized spacial score (nSPS) is 14.8. The summed E-state index contributed by atoms with van der Waals surface area (Å²) in [5.41, 5.74) is 0.631. The Morgan fingerprint density at radius 1 is 1.17 bits per heavy atom. The molecule has 1 aliphatic carbocycles. The number of para-hydroxylation sites is 2. The van der Waals surface area contributed by atoms with Crippen molar-refractivity contribution in [1.82, 2.24) is 10.6 Å². The van der Waals surface area contributed by atoms with Crippen LogP contribution in [0.1, 0.15) is 38.5 Å². The first kappa shape index (κ1) is 17.1. The van der Waals surface area contributed by atoms with Crippen LogP contribution in [0.15, 0.2) is 24.3 Å². The summed E-state index contributed by atoms with van der Waals surface area (Å²) in [4.78, 5) is 23.7.